The lowest BCUT2D eigenvalue weighted by molar-refractivity contribution is -0.149. The number of carbonyl (C=O) groups is 2. The first-order valence-corrected chi connectivity index (χ1v) is 8.31. The molecular weight excluding hydrogens is 312 g/mol. The van der Waals surface area contributed by atoms with E-state index in [2.05, 4.69) is 10.4 Å². The highest BCUT2D eigenvalue weighted by atomic mass is 16.5. The van der Waals surface area contributed by atoms with E-state index in [1.807, 2.05) is 6.20 Å². The maximum Gasteiger partial charge on any atom is 0.317 e. The van der Waals surface area contributed by atoms with Crippen molar-refractivity contribution in [2.75, 3.05) is 26.8 Å². The van der Waals surface area contributed by atoms with E-state index in [1.165, 1.54) is 0 Å². The highest BCUT2D eigenvalue weighted by molar-refractivity contribution is 5.80. The Hall–Kier alpha value is -2.09. The molecule has 2 fully saturated rings. The third-order valence-electron chi connectivity index (χ3n) is 5.24. The zero-order valence-electron chi connectivity index (χ0n) is 13.9. The molecule has 1 saturated heterocycles. The molecule has 0 spiro atoms. The van der Waals surface area contributed by atoms with Crippen molar-refractivity contribution in [2.45, 2.75) is 32.4 Å². The van der Waals surface area contributed by atoms with Crippen LogP contribution in [-0.4, -0.2) is 58.6 Å². The van der Waals surface area contributed by atoms with Gasteiger partial charge in [-0.25, -0.2) is 4.79 Å². The average molecular weight is 336 g/mol. The van der Waals surface area contributed by atoms with Crippen LogP contribution in [-0.2, 0) is 22.6 Å². The summed E-state index contributed by atoms with van der Waals surface area (Å²) in [4.78, 5) is 25.7. The Morgan fingerprint density at radius 3 is 3.08 bits per heavy atom. The third-order valence-corrected chi connectivity index (χ3v) is 5.24. The van der Waals surface area contributed by atoms with Crippen molar-refractivity contribution in [1.29, 1.82) is 0 Å². The van der Waals surface area contributed by atoms with E-state index in [0.29, 0.717) is 39.2 Å². The van der Waals surface area contributed by atoms with Gasteiger partial charge in [-0.05, 0) is 18.8 Å². The second kappa shape index (κ2) is 6.80. The van der Waals surface area contributed by atoms with Gasteiger partial charge in [0.05, 0.1) is 24.8 Å². The molecule has 2 amide bonds. The van der Waals surface area contributed by atoms with Gasteiger partial charge in [-0.3, -0.25) is 9.48 Å². The lowest BCUT2D eigenvalue weighted by Gasteiger charge is -2.23. The van der Waals surface area contributed by atoms with Gasteiger partial charge in [0.15, 0.2) is 0 Å². The smallest absolute Gasteiger partial charge is 0.317 e. The number of nitrogens with zero attached hydrogens (tertiary/aromatic N) is 3. The minimum absolute atomic E-state index is 0.0811. The van der Waals surface area contributed by atoms with Gasteiger partial charge in [0.25, 0.3) is 0 Å². The van der Waals surface area contributed by atoms with Crippen molar-refractivity contribution in [3.63, 3.8) is 0 Å². The molecular formula is C16H24N4O4. The fourth-order valence-electron chi connectivity index (χ4n) is 3.89. The van der Waals surface area contributed by atoms with Gasteiger partial charge >= 0.3 is 12.0 Å². The molecule has 3 rings (SSSR count). The number of hydrogen-bond acceptors (Lipinski definition) is 4. The molecule has 2 heterocycles. The molecule has 1 saturated carbocycles. The van der Waals surface area contributed by atoms with Crippen LogP contribution in [0.5, 0.6) is 0 Å². The maximum atomic E-state index is 12.4. The zero-order valence-corrected chi connectivity index (χ0v) is 13.9. The molecule has 1 aromatic heterocycles. The fraction of sp³-hybridized carbons (Fsp3) is 0.688. The number of aliphatic carboxylic acids is 1. The zero-order chi connectivity index (χ0) is 17.2. The van der Waals surface area contributed by atoms with E-state index in [0.717, 1.165) is 18.4 Å². The third kappa shape index (κ3) is 3.10. The second-order valence-corrected chi connectivity index (χ2v) is 6.69. The summed E-state index contributed by atoms with van der Waals surface area (Å²) >= 11 is 0. The molecule has 1 aromatic rings. The standard InChI is InChI=1S/C16H24N4O4/c1-24-6-5-20-9-12(8-18-20)7-17-15(23)19-10-13-3-2-4-16(13,11-19)14(21)22/h8-9,13H,2-7,10-11H2,1H3,(H,17,23)(H,21,22)/t13-,16+/m0/s1. The summed E-state index contributed by atoms with van der Waals surface area (Å²) in [7, 11) is 1.64. The van der Waals surface area contributed by atoms with Gasteiger partial charge < -0.3 is 20.1 Å². The number of aromatic nitrogens is 2. The van der Waals surface area contributed by atoms with Crippen LogP contribution in [0, 0.1) is 11.3 Å². The van der Waals surface area contributed by atoms with Crippen LogP contribution in [0.1, 0.15) is 24.8 Å². The number of carbonyl (C=O) groups excluding carboxylic acids is 1. The number of hydrogen-bond donors (Lipinski definition) is 2. The molecule has 8 heteroatoms. The molecule has 2 aliphatic rings. The number of methoxy groups -OCH3 is 1. The van der Waals surface area contributed by atoms with E-state index in [4.69, 9.17) is 4.74 Å². The summed E-state index contributed by atoms with van der Waals surface area (Å²) in [6, 6.07) is -0.199. The van der Waals surface area contributed by atoms with Gasteiger partial charge in [0.2, 0.25) is 0 Å². The molecule has 2 atom stereocenters. The molecule has 0 aromatic carbocycles. The van der Waals surface area contributed by atoms with Crippen molar-refractivity contribution >= 4 is 12.0 Å². The topological polar surface area (TPSA) is 96.7 Å². The van der Waals surface area contributed by atoms with Crippen molar-refractivity contribution in [3.05, 3.63) is 18.0 Å². The highest BCUT2D eigenvalue weighted by Gasteiger charge is 2.55. The Morgan fingerprint density at radius 1 is 1.54 bits per heavy atom. The Balaban J connectivity index is 1.53. The van der Waals surface area contributed by atoms with Crippen molar-refractivity contribution in [2.24, 2.45) is 11.3 Å². The summed E-state index contributed by atoms with van der Waals surface area (Å²) in [6.45, 7) is 2.48. The molecule has 0 unspecified atom stereocenters. The van der Waals surface area contributed by atoms with E-state index in [-0.39, 0.29) is 11.9 Å². The van der Waals surface area contributed by atoms with Gasteiger partial charge in [0.1, 0.15) is 0 Å². The first kappa shape index (κ1) is 16.8. The van der Waals surface area contributed by atoms with Crippen LogP contribution in [0.25, 0.3) is 0 Å². The normalized spacial score (nSPS) is 25.7. The molecule has 24 heavy (non-hydrogen) atoms. The minimum atomic E-state index is -0.764. The second-order valence-electron chi connectivity index (χ2n) is 6.69. The Morgan fingerprint density at radius 2 is 2.38 bits per heavy atom. The minimum Gasteiger partial charge on any atom is -0.481 e. The molecule has 8 nitrogen and oxygen atoms in total. The summed E-state index contributed by atoms with van der Waals surface area (Å²) in [6.07, 6.45) is 6.09. The number of likely N-dealkylation sites (tertiary alicyclic amines) is 1. The number of amides is 2. The summed E-state index contributed by atoms with van der Waals surface area (Å²) < 4.78 is 6.77. The summed E-state index contributed by atoms with van der Waals surface area (Å²) in [5, 5.41) is 16.6. The van der Waals surface area contributed by atoms with Crippen molar-refractivity contribution in [3.8, 4) is 0 Å². The number of urea groups is 1. The van der Waals surface area contributed by atoms with E-state index < -0.39 is 11.4 Å². The van der Waals surface area contributed by atoms with E-state index in [9.17, 15) is 14.7 Å². The SMILES string of the molecule is COCCn1cc(CNC(=O)N2C[C@@H]3CCC[C@@]3(C(=O)O)C2)cn1. The first-order valence-electron chi connectivity index (χ1n) is 8.31. The number of ether oxygens (including phenoxy) is 1. The quantitative estimate of drug-likeness (QED) is 0.805. The molecule has 0 bridgehead atoms. The predicted molar refractivity (Wildman–Crippen MR) is 85.3 cm³/mol. The van der Waals surface area contributed by atoms with Gasteiger partial charge in [-0.15, -0.1) is 0 Å². The number of carboxylic acid groups (broad SMARTS) is 1. The lowest BCUT2D eigenvalue weighted by Crippen LogP contribution is -2.41. The van der Waals surface area contributed by atoms with Crippen LogP contribution in [0.15, 0.2) is 12.4 Å². The monoisotopic (exact) mass is 336 g/mol. The van der Waals surface area contributed by atoms with Crippen LogP contribution < -0.4 is 5.32 Å². The number of carboxylic acids is 1. The largest absolute Gasteiger partial charge is 0.481 e. The fourth-order valence-corrected chi connectivity index (χ4v) is 3.89. The number of rotatable bonds is 6. The van der Waals surface area contributed by atoms with Gasteiger partial charge in [0, 0.05) is 38.5 Å². The predicted octanol–water partition coefficient (Wildman–Crippen LogP) is 0.926. The molecule has 132 valence electrons. The summed E-state index contributed by atoms with van der Waals surface area (Å²) in [5.41, 5.74) is 0.175. The van der Waals surface area contributed by atoms with E-state index in [1.54, 1.807) is 22.9 Å². The number of nitrogens with one attached hydrogen (secondary N) is 1. The Kier molecular flexibility index (Phi) is 4.75. The maximum absolute atomic E-state index is 12.4. The summed E-state index contributed by atoms with van der Waals surface area (Å²) in [5.74, 6) is -0.683. The number of fused-ring (bicyclic) bond motifs is 1. The molecule has 2 N–H and O–H groups in total. The van der Waals surface area contributed by atoms with Crippen LogP contribution in [0.2, 0.25) is 0 Å². The van der Waals surface area contributed by atoms with Gasteiger partial charge in [-0.2, -0.15) is 5.10 Å². The highest BCUT2D eigenvalue weighted by Crippen LogP contribution is 2.48. The Bertz CT molecular complexity index is 617. The van der Waals surface area contributed by atoms with Gasteiger partial charge in [-0.1, -0.05) is 6.42 Å². The van der Waals surface area contributed by atoms with Crippen LogP contribution in [0.4, 0.5) is 4.79 Å². The molecule has 1 aliphatic heterocycles. The molecule has 0 radical (unpaired) electrons. The van der Waals surface area contributed by atoms with Crippen LogP contribution >= 0.6 is 0 Å². The lowest BCUT2D eigenvalue weighted by atomic mass is 9.81. The first-order chi connectivity index (χ1) is 11.5. The Labute approximate surface area is 140 Å². The van der Waals surface area contributed by atoms with E-state index >= 15 is 0 Å². The van der Waals surface area contributed by atoms with Crippen molar-refractivity contribution < 1.29 is 19.4 Å². The van der Waals surface area contributed by atoms with Crippen molar-refractivity contribution in [1.82, 2.24) is 20.0 Å². The molecule has 1 aliphatic carbocycles. The van der Waals surface area contributed by atoms with Crippen LogP contribution in [0.3, 0.4) is 0 Å². The average Bonchev–Trinajstić information content (AvgIpc) is 3.24.